The standard InChI is InChI=1S/C20H24N6O4/c1-3-29-20(27)25-10-7-14(8-11-25)26-19(22-23-24-26)13-30-18-6-9-21-17-12-15(28-2)4-5-16(17)18/h4-6,9,12,14H,3,7-8,10-11,13H2,1-2H3. The summed E-state index contributed by atoms with van der Waals surface area (Å²) in [6.45, 7) is 3.64. The number of hydrogen-bond acceptors (Lipinski definition) is 8. The fourth-order valence-corrected chi connectivity index (χ4v) is 3.60. The van der Waals surface area contributed by atoms with E-state index in [4.69, 9.17) is 14.2 Å². The first-order chi connectivity index (χ1) is 14.7. The van der Waals surface area contributed by atoms with Gasteiger partial charge in [0.1, 0.15) is 18.1 Å². The summed E-state index contributed by atoms with van der Waals surface area (Å²) in [5, 5.41) is 13.0. The fourth-order valence-electron chi connectivity index (χ4n) is 3.60. The molecule has 3 aromatic rings. The van der Waals surface area contributed by atoms with Crippen molar-refractivity contribution in [3.63, 3.8) is 0 Å². The summed E-state index contributed by atoms with van der Waals surface area (Å²) < 4.78 is 18.2. The van der Waals surface area contributed by atoms with Gasteiger partial charge in [0.15, 0.2) is 5.82 Å². The summed E-state index contributed by atoms with van der Waals surface area (Å²) in [5.41, 5.74) is 0.790. The molecule has 0 spiro atoms. The van der Waals surface area contributed by atoms with Crippen LogP contribution in [0.1, 0.15) is 31.6 Å². The predicted octanol–water partition coefficient (Wildman–Crippen LogP) is 2.60. The maximum absolute atomic E-state index is 11.9. The zero-order valence-corrected chi connectivity index (χ0v) is 17.0. The van der Waals surface area contributed by atoms with Crippen LogP contribution in [0, 0.1) is 0 Å². The third-order valence-corrected chi connectivity index (χ3v) is 5.16. The van der Waals surface area contributed by atoms with Crippen LogP contribution in [0.15, 0.2) is 30.5 Å². The van der Waals surface area contributed by atoms with Crippen molar-refractivity contribution in [2.24, 2.45) is 0 Å². The molecule has 10 heteroatoms. The smallest absolute Gasteiger partial charge is 0.409 e. The Hall–Kier alpha value is -3.43. The molecule has 1 aromatic carbocycles. The molecular formula is C20H24N6O4. The number of carbonyl (C=O) groups excluding carboxylic acids is 1. The summed E-state index contributed by atoms with van der Waals surface area (Å²) in [6.07, 6.45) is 2.95. The number of aromatic nitrogens is 5. The summed E-state index contributed by atoms with van der Waals surface area (Å²) in [6, 6.07) is 7.59. The lowest BCUT2D eigenvalue weighted by molar-refractivity contribution is 0.0906. The van der Waals surface area contributed by atoms with E-state index < -0.39 is 0 Å². The molecule has 0 unspecified atom stereocenters. The molecule has 1 aliphatic heterocycles. The van der Waals surface area contributed by atoms with E-state index in [1.165, 1.54) is 0 Å². The van der Waals surface area contributed by atoms with Gasteiger partial charge in [-0.1, -0.05) is 0 Å². The highest BCUT2D eigenvalue weighted by atomic mass is 16.6. The quantitative estimate of drug-likeness (QED) is 0.608. The molecule has 0 saturated carbocycles. The number of hydrogen-bond donors (Lipinski definition) is 0. The summed E-state index contributed by atoms with van der Waals surface area (Å²) in [4.78, 5) is 18.0. The van der Waals surface area contributed by atoms with Crippen LogP contribution >= 0.6 is 0 Å². The molecule has 2 aromatic heterocycles. The Balaban J connectivity index is 1.43. The van der Waals surface area contributed by atoms with E-state index in [0.29, 0.717) is 31.3 Å². The first kappa shape index (κ1) is 19.9. The minimum Gasteiger partial charge on any atom is -0.497 e. The van der Waals surface area contributed by atoms with Crippen molar-refractivity contribution in [1.29, 1.82) is 0 Å². The van der Waals surface area contributed by atoms with E-state index in [2.05, 4.69) is 20.5 Å². The van der Waals surface area contributed by atoms with E-state index in [1.807, 2.05) is 24.3 Å². The van der Waals surface area contributed by atoms with Crippen molar-refractivity contribution < 1.29 is 19.0 Å². The van der Waals surface area contributed by atoms with Crippen LogP contribution in [0.4, 0.5) is 4.79 Å². The Bertz CT molecular complexity index is 1020. The molecule has 0 N–H and O–H groups in total. The Kier molecular flexibility index (Phi) is 5.92. The second-order valence-electron chi connectivity index (χ2n) is 6.94. The van der Waals surface area contributed by atoms with Crippen molar-refractivity contribution in [3.05, 3.63) is 36.3 Å². The van der Waals surface area contributed by atoms with Gasteiger partial charge in [-0.25, -0.2) is 9.48 Å². The minimum atomic E-state index is -0.266. The van der Waals surface area contributed by atoms with E-state index >= 15 is 0 Å². The van der Waals surface area contributed by atoms with Gasteiger partial charge in [0.05, 0.1) is 25.3 Å². The van der Waals surface area contributed by atoms with E-state index in [9.17, 15) is 4.79 Å². The largest absolute Gasteiger partial charge is 0.497 e. The highest BCUT2D eigenvalue weighted by molar-refractivity contribution is 5.85. The molecule has 0 atom stereocenters. The number of ether oxygens (including phenoxy) is 3. The van der Waals surface area contributed by atoms with Crippen LogP contribution in [0.3, 0.4) is 0 Å². The molecule has 1 saturated heterocycles. The number of carbonyl (C=O) groups is 1. The number of tetrazole rings is 1. The molecule has 30 heavy (non-hydrogen) atoms. The Labute approximate surface area is 173 Å². The fraction of sp³-hybridized carbons (Fsp3) is 0.450. The molecule has 0 radical (unpaired) electrons. The number of benzene rings is 1. The maximum Gasteiger partial charge on any atom is 0.409 e. The normalized spacial score (nSPS) is 14.7. The summed E-state index contributed by atoms with van der Waals surface area (Å²) in [7, 11) is 1.62. The van der Waals surface area contributed by atoms with Crippen molar-refractivity contribution in [3.8, 4) is 11.5 Å². The van der Waals surface area contributed by atoms with Gasteiger partial charge in [0.2, 0.25) is 0 Å². The molecule has 0 bridgehead atoms. The van der Waals surface area contributed by atoms with Crippen molar-refractivity contribution in [1.82, 2.24) is 30.1 Å². The number of pyridine rings is 1. The number of likely N-dealkylation sites (tertiary alicyclic amines) is 1. The van der Waals surface area contributed by atoms with Gasteiger partial charge >= 0.3 is 6.09 Å². The van der Waals surface area contributed by atoms with E-state index in [0.717, 1.165) is 29.5 Å². The van der Waals surface area contributed by atoms with Crippen LogP contribution in [0.5, 0.6) is 11.5 Å². The Morgan fingerprint density at radius 2 is 2.07 bits per heavy atom. The third-order valence-electron chi connectivity index (χ3n) is 5.16. The minimum absolute atomic E-state index is 0.114. The van der Waals surface area contributed by atoms with E-state index in [1.54, 1.807) is 29.8 Å². The second-order valence-corrected chi connectivity index (χ2v) is 6.94. The number of amides is 1. The van der Waals surface area contributed by atoms with Crippen LogP contribution in [0.2, 0.25) is 0 Å². The third kappa shape index (κ3) is 4.12. The molecule has 1 amide bonds. The van der Waals surface area contributed by atoms with Crippen molar-refractivity contribution >= 4 is 17.0 Å². The average molecular weight is 412 g/mol. The highest BCUT2D eigenvalue weighted by Gasteiger charge is 2.27. The lowest BCUT2D eigenvalue weighted by atomic mass is 10.1. The van der Waals surface area contributed by atoms with Gasteiger partial charge in [0.25, 0.3) is 0 Å². The van der Waals surface area contributed by atoms with Crippen LogP contribution in [-0.2, 0) is 11.3 Å². The molecule has 158 valence electrons. The second kappa shape index (κ2) is 8.93. The van der Waals surface area contributed by atoms with Crippen molar-refractivity contribution in [2.75, 3.05) is 26.8 Å². The number of piperidine rings is 1. The maximum atomic E-state index is 11.9. The lowest BCUT2D eigenvalue weighted by Crippen LogP contribution is -2.39. The van der Waals surface area contributed by atoms with Gasteiger partial charge in [0, 0.05) is 30.7 Å². The average Bonchev–Trinajstić information content (AvgIpc) is 3.26. The number of fused-ring (bicyclic) bond motifs is 1. The van der Waals surface area contributed by atoms with Crippen molar-refractivity contribution in [2.45, 2.75) is 32.4 Å². The Morgan fingerprint density at radius 3 is 2.83 bits per heavy atom. The molecule has 1 fully saturated rings. The molecule has 1 aliphatic rings. The van der Waals surface area contributed by atoms with E-state index in [-0.39, 0.29) is 18.7 Å². The monoisotopic (exact) mass is 412 g/mol. The SMILES string of the molecule is CCOC(=O)N1CCC(n2nnnc2COc2ccnc3cc(OC)ccc23)CC1. The first-order valence-corrected chi connectivity index (χ1v) is 9.93. The van der Waals surface area contributed by atoms with Gasteiger partial charge < -0.3 is 19.1 Å². The highest BCUT2D eigenvalue weighted by Crippen LogP contribution is 2.28. The molecule has 4 rings (SSSR count). The first-order valence-electron chi connectivity index (χ1n) is 9.93. The van der Waals surface area contributed by atoms with Crippen LogP contribution in [0.25, 0.3) is 10.9 Å². The Morgan fingerprint density at radius 1 is 1.23 bits per heavy atom. The molecule has 0 aliphatic carbocycles. The predicted molar refractivity (Wildman–Crippen MR) is 107 cm³/mol. The van der Waals surface area contributed by atoms with Gasteiger partial charge in [-0.15, -0.1) is 5.10 Å². The van der Waals surface area contributed by atoms with Gasteiger partial charge in [-0.05, 0) is 48.4 Å². The zero-order chi connectivity index (χ0) is 20.9. The topological polar surface area (TPSA) is 104 Å². The molecule has 10 nitrogen and oxygen atoms in total. The van der Waals surface area contributed by atoms with Crippen LogP contribution in [-0.4, -0.2) is 63.0 Å². The number of nitrogens with zero attached hydrogens (tertiary/aromatic N) is 6. The zero-order valence-electron chi connectivity index (χ0n) is 17.0. The molecule has 3 heterocycles. The van der Waals surface area contributed by atoms with Gasteiger partial charge in [-0.2, -0.15) is 0 Å². The molecular weight excluding hydrogens is 388 g/mol. The lowest BCUT2D eigenvalue weighted by Gasteiger charge is -2.31. The number of rotatable bonds is 6. The summed E-state index contributed by atoms with van der Waals surface area (Å²) >= 11 is 0. The number of methoxy groups -OCH3 is 1. The van der Waals surface area contributed by atoms with Crippen LogP contribution < -0.4 is 9.47 Å². The summed E-state index contributed by atoms with van der Waals surface area (Å²) in [5.74, 6) is 2.09. The van der Waals surface area contributed by atoms with Gasteiger partial charge in [-0.3, -0.25) is 4.98 Å².